The highest BCUT2D eigenvalue weighted by molar-refractivity contribution is 9.10. The van der Waals surface area contributed by atoms with E-state index in [2.05, 4.69) is 15.9 Å². The second-order valence-corrected chi connectivity index (χ2v) is 6.16. The van der Waals surface area contributed by atoms with Gasteiger partial charge in [-0.2, -0.15) is 0 Å². The molecule has 0 bridgehead atoms. The molecule has 0 fully saturated rings. The first-order valence-electron chi connectivity index (χ1n) is 5.08. The zero-order valence-corrected chi connectivity index (χ0v) is 12.8. The van der Waals surface area contributed by atoms with E-state index in [0.717, 1.165) is 0 Å². The van der Waals surface area contributed by atoms with E-state index in [1.54, 1.807) is 0 Å². The summed E-state index contributed by atoms with van der Waals surface area (Å²) in [5.74, 6) is 0.0436. The fourth-order valence-corrected chi connectivity index (χ4v) is 3.02. The number of hydrogen-bond acceptors (Lipinski definition) is 4. The average Bonchev–Trinajstić information content (AvgIpc) is 2.24. The van der Waals surface area contributed by atoms with E-state index >= 15 is 0 Å². The molecule has 1 rings (SSSR count). The number of halogens is 2. The fourth-order valence-electron chi connectivity index (χ4n) is 1.24. The molecular weight excluding hydrogens is 346 g/mol. The molecule has 0 heterocycles. The smallest absolute Gasteiger partial charge is 0.241 e. The molecule has 0 unspecified atom stereocenters. The SMILES string of the molecule is CCOCCOc1c(Cl)cc(Br)cc1S(N)(=O)=O. The van der Waals surface area contributed by atoms with Gasteiger partial charge in [-0.1, -0.05) is 27.5 Å². The van der Waals surface area contributed by atoms with E-state index in [0.29, 0.717) is 17.7 Å². The van der Waals surface area contributed by atoms with Crippen molar-refractivity contribution < 1.29 is 17.9 Å². The largest absolute Gasteiger partial charge is 0.488 e. The third-order valence-corrected chi connectivity index (χ3v) is 3.61. The van der Waals surface area contributed by atoms with Crippen molar-refractivity contribution in [2.45, 2.75) is 11.8 Å². The molecule has 0 aliphatic heterocycles. The Kier molecular flexibility index (Phi) is 5.87. The normalized spacial score (nSPS) is 11.6. The highest BCUT2D eigenvalue weighted by atomic mass is 79.9. The first kappa shape index (κ1) is 15.7. The topological polar surface area (TPSA) is 78.6 Å². The molecule has 8 heteroatoms. The molecule has 0 spiro atoms. The van der Waals surface area contributed by atoms with Crippen LogP contribution in [0.15, 0.2) is 21.5 Å². The lowest BCUT2D eigenvalue weighted by Gasteiger charge is -2.12. The number of nitrogens with two attached hydrogens (primary N) is 1. The Bertz CT molecular complexity index is 521. The molecule has 5 nitrogen and oxygen atoms in total. The number of hydrogen-bond donors (Lipinski definition) is 1. The first-order valence-corrected chi connectivity index (χ1v) is 7.80. The van der Waals surface area contributed by atoms with Gasteiger partial charge in [0.1, 0.15) is 11.5 Å². The van der Waals surface area contributed by atoms with Crippen LogP contribution >= 0.6 is 27.5 Å². The van der Waals surface area contributed by atoms with Gasteiger partial charge in [0.15, 0.2) is 5.75 Å². The third kappa shape index (κ3) is 4.40. The Hall–Kier alpha value is -0.340. The molecule has 0 saturated carbocycles. The lowest BCUT2D eigenvalue weighted by molar-refractivity contribution is 0.109. The van der Waals surface area contributed by atoms with Gasteiger partial charge in [0, 0.05) is 11.1 Å². The predicted octanol–water partition coefficient (Wildman–Crippen LogP) is 2.17. The molecule has 0 radical (unpaired) electrons. The van der Waals surface area contributed by atoms with Crippen molar-refractivity contribution in [1.82, 2.24) is 0 Å². The quantitative estimate of drug-likeness (QED) is 0.790. The van der Waals surface area contributed by atoms with Crippen LogP contribution in [0.5, 0.6) is 5.75 Å². The zero-order valence-electron chi connectivity index (χ0n) is 9.65. The van der Waals surface area contributed by atoms with Crippen molar-refractivity contribution in [1.29, 1.82) is 0 Å². The monoisotopic (exact) mass is 357 g/mol. The van der Waals surface area contributed by atoms with Gasteiger partial charge in [-0.15, -0.1) is 0 Å². The van der Waals surface area contributed by atoms with Gasteiger partial charge in [0.05, 0.1) is 11.6 Å². The summed E-state index contributed by atoms with van der Waals surface area (Å²) in [5, 5.41) is 5.28. The van der Waals surface area contributed by atoms with Crippen LogP contribution < -0.4 is 9.88 Å². The summed E-state index contributed by atoms with van der Waals surface area (Å²) in [6, 6.07) is 2.88. The zero-order chi connectivity index (χ0) is 13.8. The van der Waals surface area contributed by atoms with Crippen molar-refractivity contribution in [2.24, 2.45) is 5.14 Å². The van der Waals surface area contributed by atoms with Gasteiger partial charge in [0.25, 0.3) is 0 Å². The van der Waals surface area contributed by atoms with Crippen LogP contribution in [0.4, 0.5) is 0 Å². The molecule has 18 heavy (non-hydrogen) atoms. The Morgan fingerprint density at radius 3 is 2.61 bits per heavy atom. The molecule has 0 amide bonds. The van der Waals surface area contributed by atoms with Crippen molar-refractivity contribution in [2.75, 3.05) is 19.8 Å². The van der Waals surface area contributed by atoms with Crippen LogP contribution in [0, 0.1) is 0 Å². The fraction of sp³-hybridized carbons (Fsp3) is 0.400. The molecule has 0 atom stereocenters. The lowest BCUT2D eigenvalue weighted by atomic mass is 10.3. The number of benzene rings is 1. The van der Waals surface area contributed by atoms with Gasteiger partial charge < -0.3 is 9.47 Å². The van der Waals surface area contributed by atoms with Crippen LogP contribution in [0.3, 0.4) is 0 Å². The van der Waals surface area contributed by atoms with E-state index in [1.165, 1.54) is 12.1 Å². The van der Waals surface area contributed by atoms with E-state index in [4.69, 9.17) is 26.2 Å². The predicted molar refractivity (Wildman–Crippen MR) is 72.5 cm³/mol. The number of ether oxygens (including phenoxy) is 2. The third-order valence-electron chi connectivity index (χ3n) is 1.96. The minimum Gasteiger partial charge on any atom is -0.488 e. The molecule has 1 aromatic carbocycles. The van der Waals surface area contributed by atoms with Crippen LogP contribution in [0.1, 0.15) is 6.92 Å². The summed E-state index contributed by atoms with van der Waals surface area (Å²) in [6.45, 7) is 2.94. The van der Waals surface area contributed by atoms with Crippen molar-refractivity contribution in [3.8, 4) is 5.75 Å². The molecule has 0 saturated heterocycles. The standard InChI is InChI=1S/C10H13BrClNO4S/c1-2-16-3-4-17-10-8(12)5-7(11)6-9(10)18(13,14)15/h5-6H,2-4H2,1H3,(H2,13,14,15). The summed E-state index contributed by atoms with van der Waals surface area (Å²) in [7, 11) is -3.90. The van der Waals surface area contributed by atoms with Crippen LogP contribution in [0.2, 0.25) is 5.02 Å². The number of sulfonamides is 1. The second-order valence-electron chi connectivity index (χ2n) is 3.31. The van der Waals surface area contributed by atoms with Crippen molar-refractivity contribution >= 4 is 37.6 Å². The Morgan fingerprint density at radius 1 is 1.39 bits per heavy atom. The first-order chi connectivity index (χ1) is 8.36. The Morgan fingerprint density at radius 2 is 2.06 bits per heavy atom. The summed E-state index contributed by atoms with van der Waals surface area (Å²) < 4.78 is 33.8. The molecular formula is C10H13BrClNO4S. The second kappa shape index (κ2) is 6.72. The van der Waals surface area contributed by atoms with Crippen molar-refractivity contribution in [3.63, 3.8) is 0 Å². The van der Waals surface area contributed by atoms with Crippen LogP contribution in [-0.2, 0) is 14.8 Å². The van der Waals surface area contributed by atoms with Gasteiger partial charge in [0.2, 0.25) is 10.0 Å². The molecule has 2 N–H and O–H groups in total. The Balaban J connectivity index is 3.02. The van der Waals surface area contributed by atoms with Gasteiger partial charge >= 0.3 is 0 Å². The van der Waals surface area contributed by atoms with Crippen LogP contribution in [0.25, 0.3) is 0 Å². The van der Waals surface area contributed by atoms with E-state index in [1.807, 2.05) is 6.92 Å². The molecule has 1 aromatic rings. The summed E-state index contributed by atoms with van der Waals surface area (Å²) in [5.41, 5.74) is 0. The van der Waals surface area contributed by atoms with E-state index in [9.17, 15) is 8.42 Å². The van der Waals surface area contributed by atoms with Gasteiger partial charge in [-0.3, -0.25) is 0 Å². The maximum atomic E-state index is 11.4. The maximum absolute atomic E-state index is 11.4. The minimum absolute atomic E-state index is 0.0436. The maximum Gasteiger partial charge on any atom is 0.241 e. The molecule has 0 aromatic heterocycles. The number of primary sulfonamides is 1. The Labute approximate surface area is 119 Å². The van der Waals surface area contributed by atoms with Crippen molar-refractivity contribution in [3.05, 3.63) is 21.6 Å². The van der Waals surface area contributed by atoms with Crippen LogP contribution in [-0.4, -0.2) is 28.2 Å². The molecule has 0 aliphatic carbocycles. The average molecular weight is 359 g/mol. The molecule has 102 valence electrons. The van der Waals surface area contributed by atoms with E-state index in [-0.39, 0.29) is 22.3 Å². The highest BCUT2D eigenvalue weighted by Crippen LogP contribution is 2.34. The minimum atomic E-state index is -3.90. The summed E-state index contributed by atoms with van der Waals surface area (Å²) >= 11 is 9.09. The summed E-state index contributed by atoms with van der Waals surface area (Å²) in [6.07, 6.45) is 0. The van der Waals surface area contributed by atoms with Gasteiger partial charge in [-0.05, 0) is 19.1 Å². The summed E-state index contributed by atoms with van der Waals surface area (Å²) in [4.78, 5) is -0.154. The molecule has 0 aliphatic rings. The number of rotatable bonds is 6. The lowest BCUT2D eigenvalue weighted by Crippen LogP contribution is -2.15. The van der Waals surface area contributed by atoms with Gasteiger partial charge in [-0.25, -0.2) is 13.6 Å². The highest BCUT2D eigenvalue weighted by Gasteiger charge is 2.19. The van der Waals surface area contributed by atoms with E-state index < -0.39 is 10.0 Å².